The van der Waals surface area contributed by atoms with Crippen LogP contribution in [0.15, 0.2) is 24.3 Å². The Morgan fingerprint density at radius 2 is 2.22 bits per heavy atom. The second kappa shape index (κ2) is 5.35. The summed E-state index contributed by atoms with van der Waals surface area (Å²) in [6.07, 6.45) is 0.801. The summed E-state index contributed by atoms with van der Waals surface area (Å²) in [6, 6.07) is 5.49. The van der Waals surface area contributed by atoms with Gasteiger partial charge in [0.25, 0.3) is 0 Å². The predicted octanol–water partition coefficient (Wildman–Crippen LogP) is 0.855. The highest BCUT2D eigenvalue weighted by molar-refractivity contribution is 5.85. The molecule has 1 amide bonds. The number of carbonyl (C=O) groups is 1. The van der Waals surface area contributed by atoms with Crippen molar-refractivity contribution in [3.63, 3.8) is 0 Å². The summed E-state index contributed by atoms with van der Waals surface area (Å²) in [5.41, 5.74) is 0.637. The number of anilines is 1. The van der Waals surface area contributed by atoms with Crippen molar-refractivity contribution >= 4 is 11.6 Å². The molecule has 1 aromatic carbocycles. The van der Waals surface area contributed by atoms with Gasteiger partial charge in [-0.3, -0.25) is 4.79 Å². The zero-order valence-electron chi connectivity index (χ0n) is 10.3. The summed E-state index contributed by atoms with van der Waals surface area (Å²) in [6.45, 7) is 1.02. The average Bonchev–Trinajstić information content (AvgIpc) is 2.50. The minimum atomic E-state index is -0.626. The highest BCUT2D eigenvalue weighted by atomic mass is 19.1. The summed E-state index contributed by atoms with van der Waals surface area (Å²) in [4.78, 5) is 15.5. The van der Waals surface area contributed by atoms with Crippen LogP contribution in [0.25, 0.3) is 0 Å². The maximum atomic E-state index is 13.2. The van der Waals surface area contributed by atoms with Crippen LogP contribution in [0.3, 0.4) is 0 Å². The van der Waals surface area contributed by atoms with E-state index in [4.69, 9.17) is 0 Å². The normalized spacial score (nSPS) is 21.1. The van der Waals surface area contributed by atoms with Crippen molar-refractivity contribution in [3.8, 4) is 0 Å². The first-order valence-corrected chi connectivity index (χ1v) is 6.01. The summed E-state index contributed by atoms with van der Waals surface area (Å²) < 4.78 is 13.2. The molecule has 5 heteroatoms. The van der Waals surface area contributed by atoms with E-state index in [9.17, 15) is 14.3 Å². The lowest BCUT2D eigenvalue weighted by atomic mass is 10.2. The summed E-state index contributed by atoms with van der Waals surface area (Å²) in [5.74, 6) is -0.464. The zero-order valence-corrected chi connectivity index (χ0v) is 10.3. The number of hydrogen-bond acceptors (Lipinski definition) is 3. The fourth-order valence-corrected chi connectivity index (χ4v) is 2.27. The zero-order chi connectivity index (χ0) is 13.1. The molecule has 1 unspecified atom stereocenters. The van der Waals surface area contributed by atoms with Crippen LogP contribution in [0, 0.1) is 5.82 Å². The largest absolute Gasteiger partial charge is 0.394 e. The molecule has 4 nitrogen and oxygen atoms in total. The first-order chi connectivity index (χ1) is 8.63. The van der Waals surface area contributed by atoms with E-state index in [0.29, 0.717) is 18.8 Å². The van der Waals surface area contributed by atoms with E-state index in [-0.39, 0.29) is 18.3 Å². The van der Waals surface area contributed by atoms with Crippen molar-refractivity contribution in [2.45, 2.75) is 12.5 Å². The van der Waals surface area contributed by atoms with Crippen LogP contribution < -0.4 is 4.90 Å². The molecule has 1 aliphatic heterocycles. The SMILES string of the molecule is CN1CCCN(c2cccc(F)c2)C(CO)C1=O. The van der Waals surface area contributed by atoms with Crippen molar-refractivity contribution in [1.29, 1.82) is 0 Å². The Bertz CT molecular complexity index is 439. The third kappa shape index (κ3) is 2.46. The minimum Gasteiger partial charge on any atom is -0.394 e. The molecule has 1 atom stereocenters. The maximum Gasteiger partial charge on any atom is 0.247 e. The number of benzene rings is 1. The summed E-state index contributed by atoms with van der Waals surface area (Å²) in [5, 5.41) is 9.42. The Morgan fingerprint density at radius 1 is 1.44 bits per heavy atom. The Morgan fingerprint density at radius 3 is 2.89 bits per heavy atom. The molecule has 1 aromatic rings. The summed E-state index contributed by atoms with van der Waals surface area (Å²) in [7, 11) is 1.72. The van der Waals surface area contributed by atoms with Gasteiger partial charge < -0.3 is 14.9 Å². The van der Waals surface area contributed by atoms with Gasteiger partial charge in [0.2, 0.25) is 5.91 Å². The standard InChI is InChI=1S/C13H17FN2O2/c1-15-6-3-7-16(12(9-17)13(15)18)11-5-2-4-10(14)8-11/h2,4-5,8,12,17H,3,6-7,9H2,1H3. The molecule has 1 N–H and O–H groups in total. The summed E-state index contributed by atoms with van der Waals surface area (Å²) >= 11 is 0. The number of aliphatic hydroxyl groups is 1. The van der Waals surface area contributed by atoms with Crippen molar-refractivity contribution < 1.29 is 14.3 Å². The Hall–Kier alpha value is -1.62. The molecule has 0 aliphatic carbocycles. The average molecular weight is 252 g/mol. The lowest BCUT2D eigenvalue weighted by Crippen LogP contribution is -2.47. The molecule has 0 aromatic heterocycles. The second-order valence-corrected chi connectivity index (χ2v) is 4.48. The fraction of sp³-hybridized carbons (Fsp3) is 0.462. The van der Waals surface area contributed by atoms with E-state index < -0.39 is 6.04 Å². The lowest BCUT2D eigenvalue weighted by Gasteiger charge is -2.30. The molecule has 0 saturated carbocycles. The van der Waals surface area contributed by atoms with Gasteiger partial charge in [0.1, 0.15) is 11.9 Å². The smallest absolute Gasteiger partial charge is 0.247 e. The van der Waals surface area contributed by atoms with E-state index in [1.54, 1.807) is 29.0 Å². The van der Waals surface area contributed by atoms with Crippen LogP contribution >= 0.6 is 0 Å². The molecule has 1 fully saturated rings. The number of aliphatic hydroxyl groups excluding tert-OH is 1. The van der Waals surface area contributed by atoms with Gasteiger partial charge in [-0.25, -0.2) is 4.39 Å². The van der Waals surface area contributed by atoms with Crippen molar-refractivity contribution in [1.82, 2.24) is 4.90 Å². The number of likely N-dealkylation sites (N-methyl/N-ethyl adjacent to an activating group) is 1. The van der Waals surface area contributed by atoms with Crippen LogP contribution in [0.2, 0.25) is 0 Å². The fourth-order valence-electron chi connectivity index (χ4n) is 2.27. The third-order valence-corrected chi connectivity index (χ3v) is 3.24. The van der Waals surface area contributed by atoms with Gasteiger partial charge in [0, 0.05) is 25.8 Å². The molecule has 1 aliphatic rings. The van der Waals surface area contributed by atoms with Gasteiger partial charge in [-0.2, -0.15) is 0 Å². The Balaban J connectivity index is 2.32. The Labute approximate surface area is 106 Å². The van der Waals surface area contributed by atoms with E-state index in [2.05, 4.69) is 0 Å². The number of nitrogens with zero attached hydrogens (tertiary/aromatic N) is 2. The minimum absolute atomic E-state index is 0.126. The van der Waals surface area contributed by atoms with Gasteiger partial charge >= 0.3 is 0 Å². The van der Waals surface area contributed by atoms with E-state index in [1.165, 1.54) is 12.1 Å². The molecule has 0 bridgehead atoms. The highest BCUT2D eigenvalue weighted by Gasteiger charge is 2.30. The van der Waals surface area contributed by atoms with Crippen LogP contribution in [-0.4, -0.2) is 48.7 Å². The topological polar surface area (TPSA) is 43.8 Å². The molecule has 0 radical (unpaired) electrons. The van der Waals surface area contributed by atoms with Crippen LogP contribution in [0.1, 0.15) is 6.42 Å². The molecule has 1 saturated heterocycles. The quantitative estimate of drug-likeness (QED) is 0.849. The van der Waals surface area contributed by atoms with Crippen molar-refractivity contribution in [2.24, 2.45) is 0 Å². The molecular formula is C13H17FN2O2. The number of rotatable bonds is 2. The molecule has 2 rings (SSSR count). The van der Waals surface area contributed by atoms with Crippen LogP contribution in [0.5, 0.6) is 0 Å². The van der Waals surface area contributed by atoms with E-state index in [1.807, 2.05) is 0 Å². The number of hydrogen-bond donors (Lipinski definition) is 1. The maximum absolute atomic E-state index is 13.2. The Kier molecular flexibility index (Phi) is 3.81. The first-order valence-electron chi connectivity index (χ1n) is 6.01. The number of carbonyl (C=O) groups excluding carboxylic acids is 1. The molecule has 0 spiro atoms. The van der Waals surface area contributed by atoms with E-state index in [0.717, 1.165) is 6.42 Å². The molecule has 18 heavy (non-hydrogen) atoms. The third-order valence-electron chi connectivity index (χ3n) is 3.24. The molecule has 98 valence electrons. The van der Waals surface area contributed by atoms with Crippen molar-refractivity contribution in [3.05, 3.63) is 30.1 Å². The number of halogens is 1. The van der Waals surface area contributed by atoms with Gasteiger partial charge in [-0.05, 0) is 24.6 Å². The van der Waals surface area contributed by atoms with Gasteiger partial charge in [0.15, 0.2) is 0 Å². The lowest BCUT2D eigenvalue weighted by molar-refractivity contribution is -0.131. The van der Waals surface area contributed by atoms with Crippen molar-refractivity contribution in [2.75, 3.05) is 31.6 Å². The van der Waals surface area contributed by atoms with E-state index >= 15 is 0 Å². The monoisotopic (exact) mass is 252 g/mol. The van der Waals surface area contributed by atoms with Crippen LogP contribution in [0.4, 0.5) is 10.1 Å². The molecular weight excluding hydrogens is 235 g/mol. The van der Waals surface area contributed by atoms with Crippen LogP contribution in [-0.2, 0) is 4.79 Å². The van der Waals surface area contributed by atoms with Gasteiger partial charge in [-0.15, -0.1) is 0 Å². The predicted molar refractivity (Wildman–Crippen MR) is 66.9 cm³/mol. The number of amides is 1. The molecule has 1 heterocycles. The van der Waals surface area contributed by atoms with Gasteiger partial charge in [0.05, 0.1) is 6.61 Å². The highest BCUT2D eigenvalue weighted by Crippen LogP contribution is 2.21. The first kappa shape index (κ1) is 12.8. The van der Waals surface area contributed by atoms with Gasteiger partial charge in [-0.1, -0.05) is 6.07 Å². The second-order valence-electron chi connectivity index (χ2n) is 4.48.